The number of para-hydroxylation sites is 1. The van der Waals surface area contributed by atoms with Crippen molar-refractivity contribution in [2.24, 2.45) is 5.92 Å². The molecule has 6 heteroatoms. The smallest absolute Gasteiger partial charge is 0.241 e. The lowest BCUT2D eigenvalue weighted by molar-refractivity contribution is -0.120. The molecule has 2 aliphatic rings. The summed E-state index contributed by atoms with van der Waals surface area (Å²) in [6.07, 6.45) is 6.55. The molecule has 2 aromatic rings. The van der Waals surface area contributed by atoms with Crippen LogP contribution in [0.25, 0.3) is 0 Å². The Morgan fingerprint density at radius 3 is 2.80 bits per heavy atom. The third-order valence-corrected chi connectivity index (χ3v) is 5.45. The van der Waals surface area contributed by atoms with E-state index < -0.39 is 0 Å². The van der Waals surface area contributed by atoms with Crippen LogP contribution in [0.5, 0.6) is 0 Å². The Balaban J connectivity index is 1.32. The molecule has 0 bridgehead atoms. The van der Waals surface area contributed by atoms with Crippen molar-refractivity contribution in [2.75, 3.05) is 24.5 Å². The van der Waals surface area contributed by atoms with E-state index in [1.165, 1.54) is 5.56 Å². The van der Waals surface area contributed by atoms with E-state index >= 15 is 0 Å². The quantitative estimate of drug-likeness (QED) is 0.855. The number of anilines is 1. The van der Waals surface area contributed by atoms with Gasteiger partial charge in [0.25, 0.3) is 0 Å². The zero-order valence-corrected chi connectivity index (χ0v) is 14.7. The van der Waals surface area contributed by atoms with Gasteiger partial charge in [0.1, 0.15) is 12.7 Å². The van der Waals surface area contributed by atoms with Crippen molar-refractivity contribution < 1.29 is 4.79 Å². The molecular formula is C19H25N5O. The third kappa shape index (κ3) is 3.44. The van der Waals surface area contributed by atoms with Crippen molar-refractivity contribution in [1.29, 1.82) is 0 Å². The minimum atomic E-state index is 0.229. The first kappa shape index (κ1) is 16.3. The molecule has 0 aliphatic carbocycles. The molecule has 1 aromatic carbocycles. The van der Waals surface area contributed by atoms with E-state index in [1.54, 1.807) is 12.7 Å². The molecule has 0 N–H and O–H groups in total. The minimum absolute atomic E-state index is 0.229. The Labute approximate surface area is 148 Å². The van der Waals surface area contributed by atoms with E-state index in [0.29, 0.717) is 12.5 Å². The second-order valence-corrected chi connectivity index (χ2v) is 7.28. The van der Waals surface area contributed by atoms with Gasteiger partial charge in [-0.25, -0.2) is 4.98 Å². The van der Waals surface area contributed by atoms with Crippen LogP contribution in [0, 0.1) is 5.92 Å². The van der Waals surface area contributed by atoms with Crippen molar-refractivity contribution >= 4 is 11.6 Å². The zero-order valence-electron chi connectivity index (χ0n) is 14.7. The number of hydrogen-bond donors (Lipinski definition) is 0. The number of aromatic nitrogens is 3. The van der Waals surface area contributed by atoms with Crippen LogP contribution in [0.1, 0.15) is 25.3 Å². The van der Waals surface area contributed by atoms with E-state index in [1.807, 2.05) is 15.6 Å². The van der Waals surface area contributed by atoms with Gasteiger partial charge in [0, 0.05) is 18.3 Å². The molecular weight excluding hydrogens is 314 g/mol. The molecule has 1 saturated heterocycles. The van der Waals surface area contributed by atoms with Crippen molar-refractivity contribution in [2.45, 2.75) is 38.8 Å². The average molecular weight is 339 g/mol. The number of rotatable bonds is 4. The summed E-state index contributed by atoms with van der Waals surface area (Å²) in [6, 6.07) is 8.54. The van der Waals surface area contributed by atoms with Crippen molar-refractivity contribution in [3.8, 4) is 0 Å². The lowest BCUT2D eigenvalue weighted by Crippen LogP contribution is -2.45. The molecule has 3 heterocycles. The molecule has 1 amide bonds. The van der Waals surface area contributed by atoms with Gasteiger partial charge in [-0.3, -0.25) is 14.4 Å². The van der Waals surface area contributed by atoms with Crippen LogP contribution in [0.3, 0.4) is 0 Å². The van der Waals surface area contributed by atoms with E-state index in [9.17, 15) is 4.79 Å². The van der Waals surface area contributed by atoms with Gasteiger partial charge >= 0.3 is 0 Å². The van der Waals surface area contributed by atoms with Gasteiger partial charge < -0.3 is 4.90 Å². The topological polar surface area (TPSA) is 54.3 Å². The van der Waals surface area contributed by atoms with Gasteiger partial charge in [0.05, 0.1) is 6.54 Å². The lowest BCUT2D eigenvalue weighted by Gasteiger charge is -2.33. The predicted molar refractivity (Wildman–Crippen MR) is 96.3 cm³/mol. The van der Waals surface area contributed by atoms with E-state index in [-0.39, 0.29) is 11.9 Å². The number of nitrogens with zero attached hydrogens (tertiary/aromatic N) is 5. The second kappa shape index (κ2) is 6.96. The van der Waals surface area contributed by atoms with Crippen molar-refractivity contribution in [3.63, 3.8) is 0 Å². The number of piperidine rings is 1. The number of likely N-dealkylation sites (tertiary alicyclic amines) is 1. The number of carbonyl (C=O) groups is 1. The molecule has 1 aromatic heterocycles. The molecule has 0 radical (unpaired) electrons. The van der Waals surface area contributed by atoms with Gasteiger partial charge in [-0.1, -0.05) is 18.2 Å². The first-order valence-corrected chi connectivity index (χ1v) is 9.15. The summed E-state index contributed by atoms with van der Waals surface area (Å²) in [5.41, 5.74) is 2.39. The summed E-state index contributed by atoms with van der Waals surface area (Å²) >= 11 is 0. The molecule has 2 aliphatic heterocycles. The van der Waals surface area contributed by atoms with Crippen LogP contribution >= 0.6 is 0 Å². The summed E-state index contributed by atoms with van der Waals surface area (Å²) < 4.78 is 1.91. The van der Waals surface area contributed by atoms with Crippen molar-refractivity contribution in [1.82, 2.24) is 19.7 Å². The monoisotopic (exact) mass is 339 g/mol. The van der Waals surface area contributed by atoms with Crippen LogP contribution in [0.15, 0.2) is 36.9 Å². The largest absolute Gasteiger partial charge is 0.308 e. The standard InChI is InChI=1S/C19H25N5O/c1-15-10-17-4-2-3-5-18(17)24(15)19(25)12-22-8-6-16(7-9-22)11-23-14-20-13-21-23/h2-5,13-16H,6-12H2,1H3. The Morgan fingerprint density at radius 1 is 1.24 bits per heavy atom. The Hall–Kier alpha value is -2.21. The van der Waals surface area contributed by atoms with Crippen LogP contribution in [0.4, 0.5) is 5.69 Å². The Morgan fingerprint density at radius 2 is 2.04 bits per heavy atom. The summed E-state index contributed by atoms with van der Waals surface area (Å²) in [5, 5.41) is 4.19. The normalized spacial score (nSPS) is 21.5. The number of benzene rings is 1. The molecule has 1 atom stereocenters. The van der Waals surface area contributed by atoms with Gasteiger partial charge in [-0.05, 0) is 56.8 Å². The maximum absolute atomic E-state index is 12.9. The number of amides is 1. The fraction of sp³-hybridized carbons (Fsp3) is 0.526. The molecule has 1 unspecified atom stereocenters. The summed E-state index contributed by atoms with van der Waals surface area (Å²) in [7, 11) is 0. The molecule has 1 fully saturated rings. The average Bonchev–Trinajstić information content (AvgIpc) is 3.23. The first-order valence-electron chi connectivity index (χ1n) is 9.15. The number of hydrogen-bond acceptors (Lipinski definition) is 4. The molecule has 4 rings (SSSR count). The minimum Gasteiger partial charge on any atom is -0.308 e. The van der Waals surface area contributed by atoms with Gasteiger partial charge in [0.2, 0.25) is 5.91 Å². The lowest BCUT2D eigenvalue weighted by atomic mass is 9.97. The van der Waals surface area contributed by atoms with E-state index in [2.05, 4.69) is 40.1 Å². The highest BCUT2D eigenvalue weighted by molar-refractivity contribution is 5.97. The second-order valence-electron chi connectivity index (χ2n) is 7.28. The van der Waals surface area contributed by atoms with Crippen molar-refractivity contribution in [3.05, 3.63) is 42.5 Å². The number of fused-ring (bicyclic) bond motifs is 1. The zero-order chi connectivity index (χ0) is 17.2. The Bertz CT molecular complexity index is 721. The summed E-state index contributed by atoms with van der Waals surface area (Å²) in [6.45, 7) is 5.55. The highest BCUT2D eigenvalue weighted by Crippen LogP contribution is 2.32. The SMILES string of the molecule is CC1Cc2ccccc2N1C(=O)CN1CCC(Cn2cncn2)CC1. The van der Waals surface area contributed by atoms with E-state index in [0.717, 1.165) is 44.6 Å². The highest BCUT2D eigenvalue weighted by Gasteiger charge is 2.32. The maximum Gasteiger partial charge on any atom is 0.241 e. The van der Waals surface area contributed by atoms with Crippen LogP contribution in [-0.4, -0.2) is 51.2 Å². The molecule has 0 spiro atoms. The van der Waals surface area contributed by atoms with Gasteiger partial charge in [-0.2, -0.15) is 5.10 Å². The molecule has 0 saturated carbocycles. The Kier molecular flexibility index (Phi) is 4.53. The number of carbonyl (C=O) groups excluding carboxylic acids is 1. The van der Waals surface area contributed by atoms with Crippen LogP contribution in [-0.2, 0) is 17.8 Å². The molecule has 132 valence electrons. The predicted octanol–water partition coefficient (Wildman–Crippen LogP) is 1.97. The first-order chi connectivity index (χ1) is 12.2. The van der Waals surface area contributed by atoms with Gasteiger partial charge in [0.15, 0.2) is 0 Å². The fourth-order valence-corrected chi connectivity index (χ4v) is 4.13. The summed E-state index contributed by atoms with van der Waals surface area (Å²) in [5.74, 6) is 0.853. The molecule has 6 nitrogen and oxygen atoms in total. The highest BCUT2D eigenvalue weighted by atomic mass is 16.2. The van der Waals surface area contributed by atoms with Crippen LogP contribution < -0.4 is 4.90 Å². The fourth-order valence-electron chi connectivity index (χ4n) is 4.13. The summed E-state index contributed by atoms with van der Waals surface area (Å²) in [4.78, 5) is 21.2. The van der Waals surface area contributed by atoms with E-state index in [4.69, 9.17) is 0 Å². The van der Waals surface area contributed by atoms with Crippen LogP contribution in [0.2, 0.25) is 0 Å². The maximum atomic E-state index is 12.9. The third-order valence-electron chi connectivity index (χ3n) is 5.45. The van der Waals surface area contributed by atoms with Gasteiger partial charge in [-0.15, -0.1) is 0 Å². The molecule has 25 heavy (non-hydrogen) atoms.